The molecule has 6 heteroatoms. The van der Waals surface area contributed by atoms with Gasteiger partial charge in [-0.05, 0) is 76.0 Å². The lowest BCUT2D eigenvalue weighted by molar-refractivity contribution is -0.117. The molecule has 1 amide bonds. The number of fused-ring (bicyclic) bond motifs is 1. The molecule has 158 valence electrons. The van der Waals surface area contributed by atoms with E-state index in [1.165, 1.54) is 11.5 Å². The van der Waals surface area contributed by atoms with Crippen LogP contribution in [0.15, 0.2) is 64.6 Å². The fraction of sp³-hybridized carbons (Fsp3) is 0.200. The molecule has 0 aromatic heterocycles. The highest BCUT2D eigenvalue weighted by molar-refractivity contribution is 9.10. The van der Waals surface area contributed by atoms with Crippen LogP contribution in [0.1, 0.15) is 25.0 Å². The second kappa shape index (κ2) is 10.1. The summed E-state index contributed by atoms with van der Waals surface area (Å²) in [5.41, 5.74) is 1.71. The van der Waals surface area contributed by atoms with Crippen LogP contribution in [-0.4, -0.2) is 19.1 Å². The van der Waals surface area contributed by atoms with Gasteiger partial charge >= 0.3 is 0 Å². The lowest BCUT2D eigenvalue weighted by Gasteiger charge is -2.14. The van der Waals surface area contributed by atoms with Gasteiger partial charge in [-0.1, -0.05) is 36.4 Å². The molecule has 0 unspecified atom stereocenters. The standard InChI is InChI=1S/C25H23BrN2O3/c1-16(2)28-25(29)21(14-27)11-18-12-22(26)24(23(13-18)30-3)31-15-17-8-9-19-6-4-5-7-20(19)10-17/h4-13,16H,15H2,1-3H3,(H,28,29)/b21-11-. The zero-order valence-corrected chi connectivity index (χ0v) is 19.2. The van der Waals surface area contributed by atoms with Crippen molar-refractivity contribution >= 4 is 38.7 Å². The highest BCUT2D eigenvalue weighted by atomic mass is 79.9. The Morgan fingerprint density at radius 2 is 1.90 bits per heavy atom. The van der Waals surface area contributed by atoms with Crippen LogP contribution in [-0.2, 0) is 11.4 Å². The molecule has 0 aliphatic carbocycles. The van der Waals surface area contributed by atoms with E-state index < -0.39 is 5.91 Å². The van der Waals surface area contributed by atoms with E-state index in [2.05, 4.69) is 45.5 Å². The maximum atomic E-state index is 12.2. The van der Waals surface area contributed by atoms with Gasteiger partial charge in [0.2, 0.25) is 0 Å². The lowest BCUT2D eigenvalue weighted by Crippen LogP contribution is -2.30. The third-order valence-corrected chi connectivity index (χ3v) is 5.13. The minimum atomic E-state index is -0.413. The fourth-order valence-corrected chi connectivity index (χ4v) is 3.68. The van der Waals surface area contributed by atoms with Crippen molar-refractivity contribution in [2.24, 2.45) is 0 Å². The zero-order chi connectivity index (χ0) is 22.4. The summed E-state index contributed by atoms with van der Waals surface area (Å²) in [6.45, 7) is 4.05. The number of hydrogen-bond acceptors (Lipinski definition) is 4. The van der Waals surface area contributed by atoms with Gasteiger partial charge in [-0.25, -0.2) is 0 Å². The van der Waals surface area contributed by atoms with Crippen molar-refractivity contribution in [3.05, 3.63) is 75.8 Å². The molecule has 3 rings (SSSR count). The van der Waals surface area contributed by atoms with Gasteiger partial charge in [0.25, 0.3) is 5.91 Å². The number of benzene rings is 3. The number of nitrogens with zero attached hydrogens (tertiary/aromatic N) is 1. The van der Waals surface area contributed by atoms with Crippen LogP contribution in [0.3, 0.4) is 0 Å². The Kier molecular flexibility index (Phi) is 7.32. The summed E-state index contributed by atoms with van der Waals surface area (Å²) in [4.78, 5) is 12.2. The SMILES string of the molecule is COc1cc(/C=C(/C#N)C(=O)NC(C)C)cc(Br)c1OCc1ccc2ccccc2c1. The quantitative estimate of drug-likeness (QED) is 0.353. The number of nitrogens with one attached hydrogen (secondary N) is 1. The first kappa shape index (κ1) is 22.4. The molecular formula is C25H23BrN2O3. The molecule has 0 fully saturated rings. The van der Waals surface area contributed by atoms with Crippen LogP contribution in [0.4, 0.5) is 0 Å². The van der Waals surface area contributed by atoms with Crippen molar-refractivity contribution in [1.82, 2.24) is 5.32 Å². The molecule has 0 heterocycles. The van der Waals surface area contributed by atoms with Crippen molar-refractivity contribution in [1.29, 1.82) is 5.26 Å². The first-order valence-corrected chi connectivity index (χ1v) is 10.6. The number of hydrogen-bond donors (Lipinski definition) is 1. The second-order valence-electron chi connectivity index (χ2n) is 7.30. The molecule has 0 aliphatic heterocycles. The van der Waals surface area contributed by atoms with Crippen molar-refractivity contribution < 1.29 is 14.3 Å². The van der Waals surface area contributed by atoms with Crippen LogP contribution in [0.25, 0.3) is 16.8 Å². The predicted molar refractivity (Wildman–Crippen MR) is 126 cm³/mol. The van der Waals surface area contributed by atoms with Crippen LogP contribution in [0, 0.1) is 11.3 Å². The first-order valence-electron chi connectivity index (χ1n) is 9.82. The average molecular weight is 479 g/mol. The van der Waals surface area contributed by atoms with E-state index in [-0.39, 0.29) is 11.6 Å². The minimum Gasteiger partial charge on any atom is -0.493 e. The van der Waals surface area contributed by atoms with Gasteiger partial charge in [0.1, 0.15) is 18.2 Å². The van der Waals surface area contributed by atoms with Crippen LogP contribution in [0.2, 0.25) is 0 Å². The van der Waals surface area contributed by atoms with Gasteiger partial charge in [0.15, 0.2) is 11.5 Å². The van der Waals surface area contributed by atoms with Crippen molar-refractivity contribution in [3.63, 3.8) is 0 Å². The molecule has 5 nitrogen and oxygen atoms in total. The molecule has 0 saturated carbocycles. The summed E-state index contributed by atoms with van der Waals surface area (Å²) in [5.74, 6) is 0.644. The summed E-state index contributed by atoms with van der Waals surface area (Å²) < 4.78 is 12.2. The van der Waals surface area contributed by atoms with E-state index in [1.807, 2.05) is 38.1 Å². The first-order chi connectivity index (χ1) is 14.9. The molecule has 1 N–H and O–H groups in total. The highest BCUT2D eigenvalue weighted by Gasteiger charge is 2.14. The van der Waals surface area contributed by atoms with Gasteiger partial charge in [0, 0.05) is 6.04 Å². The number of halogens is 1. The maximum absolute atomic E-state index is 12.2. The second-order valence-corrected chi connectivity index (χ2v) is 8.16. The van der Waals surface area contributed by atoms with Gasteiger partial charge in [-0.2, -0.15) is 5.26 Å². The number of amides is 1. The largest absolute Gasteiger partial charge is 0.493 e. The third kappa shape index (κ3) is 5.65. The monoisotopic (exact) mass is 478 g/mol. The molecule has 0 bridgehead atoms. The van der Waals surface area contributed by atoms with E-state index >= 15 is 0 Å². The predicted octanol–water partition coefficient (Wildman–Crippen LogP) is 5.62. The Hall–Kier alpha value is -3.30. The Bertz CT molecular complexity index is 1180. The number of methoxy groups -OCH3 is 1. The fourth-order valence-electron chi connectivity index (χ4n) is 3.10. The average Bonchev–Trinajstić information content (AvgIpc) is 2.75. The molecule has 3 aromatic carbocycles. The summed E-state index contributed by atoms with van der Waals surface area (Å²) in [6, 6.07) is 19.8. The molecule has 0 spiro atoms. The molecule has 31 heavy (non-hydrogen) atoms. The summed E-state index contributed by atoms with van der Waals surface area (Å²) in [6.07, 6.45) is 1.53. The lowest BCUT2D eigenvalue weighted by atomic mass is 10.1. The number of rotatable bonds is 7. The van der Waals surface area contributed by atoms with Crippen molar-refractivity contribution in [2.75, 3.05) is 7.11 Å². The Morgan fingerprint density at radius 3 is 2.58 bits per heavy atom. The van der Waals surface area contributed by atoms with E-state index in [4.69, 9.17) is 9.47 Å². The van der Waals surface area contributed by atoms with Gasteiger partial charge in [-0.3, -0.25) is 4.79 Å². The third-order valence-electron chi connectivity index (χ3n) is 4.54. The van der Waals surface area contributed by atoms with Crippen LogP contribution < -0.4 is 14.8 Å². The number of ether oxygens (including phenoxy) is 2. The summed E-state index contributed by atoms with van der Waals surface area (Å²) >= 11 is 3.52. The van der Waals surface area contributed by atoms with Crippen molar-refractivity contribution in [3.8, 4) is 17.6 Å². The summed E-state index contributed by atoms with van der Waals surface area (Å²) in [7, 11) is 1.55. The van der Waals surface area contributed by atoms with E-state index in [0.717, 1.165) is 10.9 Å². The van der Waals surface area contributed by atoms with E-state index in [1.54, 1.807) is 19.2 Å². The van der Waals surface area contributed by atoms with Gasteiger partial charge in [-0.15, -0.1) is 0 Å². The molecular weight excluding hydrogens is 456 g/mol. The Balaban J connectivity index is 1.84. The number of carbonyl (C=O) groups excluding carboxylic acids is 1. The molecule has 0 atom stereocenters. The Morgan fingerprint density at radius 1 is 1.16 bits per heavy atom. The molecule has 0 saturated heterocycles. The van der Waals surface area contributed by atoms with E-state index in [9.17, 15) is 10.1 Å². The van der Waals surface area contributed by atoms with Crippen LogP contribution in [0.5, 0.6) is 11.5 Å². The Labute approximate surface area is 190 Å². The smallest absolute Gasteiger partial charge is 0.262 e. The zero-order valence-electron chi connectivity index (χ0n) is 17.6. The van der Waals surface area contributed by atoms with Crippen LogP contribution >= 0.6 is 15.9 Å². The normalized spacial score (nSPS) is 11.3. The highest BCUT2D eigenvalue weighted by Crippen LogP contribution is 2.38. The van der Waals surface area contributed by atoms with E-state index in [0.29, 0.717) is 28.1 Å². The number of nitriles is 1. The van der Waals surface area contributed by atoms with Gasteiger partial charge < -0.3 is 14.8 Å². The molecule has 0 radical (unpaired) electrons. The topological polar surface area (TPSA) is 71.3 Å². The maximum Gasteiger partial charge on any atom is 0.262 e. The summed E-state index contributed by atoms with van der Waals surface area (Å²) in [5, 5.41) is 14.4. The molecule has 0 aliphatic rings. The number of carbonyl (C=O) groups is 1. The van der Waals surface area contributed by atoms with Crippen molar-refractivity contribution in [2.45, 2.75) is 26.5 Å². The van der Waals surface area contributed by atoms with Gasteiger partial charge in [0.05, 0.1) is 11.6 Å². The molecule has 3 aromatic rings. The minimum absolute atomic E-state index is 0.0208.